The molecule has 0 amide bonds. The van der Waals surface area contributed by atoms with Gasteiger partial charge < -0.3 is 4.74 Å². The molecule has 0 N–H and O–H groups in total. The van der Waals surface area contributed by atoms with Crippen LogP contribution >= 0.6 is 27.5 Å². The molecule has 1 aliphatic rings. The quantitative estimate of drug-likeness (QED) is 0.685. The number of halogens is 2. The van der Waals surface area contributed by atoms with Crippen LogP contribution in [-0.4, -0.2) is 6.61 Å². The van der Waals surface area contributed by atoms with Gasteiger partial charge in [-0.3, -0.25) is 0 Å². The van der Waals surface area contributed by atoms with E-state index in [4.69, 9.17) is 16.3 Å². The first-order valence-corrected chi connectivity index (χ1v) is 8.07. The van der Waals surface area contributed by atoms with Gasteiger partial charge in [-0.2, -0.15) is 0 Å². The Bertz CT molecular complexity index is 639. The van der Waals surface area contributed by atoms with Crippen molar-refractivity contribution >= 4 is 27.5 Å². The summed E-state index contributed by atoms with van der Waals surface area (Å²) in [5, 5.41) is 0.790. The van der Waals surface area contributed by atoms with Crippen molar-refractivity contribution in [1.29, 1.82) is 0 Å². The van der Waals surface area contributed by atoms with Gasteiger partial charge in [-0.1, -0.05) is 57.4 Å². The van der Waals surface area contributed by atoms with E-state index < -0.39 is 0 Å². The van der Waals surface area contributed by atoms with Crippen molar-refractivity contribution < 1.29 is 4.74 Å². The van der Waals surface area contributed by atoms with E-state index in [0.29, 0.717) is 0 Å². The first-order chi connectivity index (χ1) is 9.63. The number of aryl methyl sites for hydroxylation is 1. The second-order valence-electron chi connectivity index (χ2n) is 5.24. The zero-order chi connectivity index (χ0) is 14.1. The predicted octanol–water partition coefficient (Wildman–Crippen LogP) is 5.26. The van der Waals surface area contributed by atoms with Crippen molar-refractivity contribution in [2.24, 2.45) is 0 Å². The van der Waals surface area contributed by atoms with Crippen LogP contribution in [0, 0.1) is 6.92 Å². The zero-order valence-corrected chi connectivity index (χ0v) is 13.7. The highest BCUT2D eigenvalue weighted by atomic mass is 79.9. The van der Waals surface area contributed by atoms with E-state index in [-0.39, 0.29) is 4.83 Å². The Balaban J connectivity index is 1.89. The van der Waals surface area contributed by atoms with Crippen molar-refractivity contribution in [3.63, 3.8) is 0 Å². The number of hydrogen-bond acceptors (Lipinski definition) is 1. The van der Waals surface area contributed by atoms with E-state index in [1.165, 1.54) is 16.7 Å². The Hall–Kier alpha value is -0.990. The van der Waals surface area contributed by atoms with E-state index in [0.717, 1.165) is 35.8 Å². The first kappa shape index (κ1) is 14.0. The Morgan fingerprint density at radius 2 is 2.15 bits per heavy atom. The molecule has 1 unspecified atom stereocenters. The Morgan fingerprint density at radius 1 is 1.30 bits per heavy atom. The average molecular weight is 352 g/mol. The van der Waals surface area contributed by atoms with Gasteiger partial charge in [0.2, 0.25) is 0 Å². The van der Waals surface area contributed by atoms with Crippen molar-refractivity contribution in [3.05, 3.63) is 63.7 Å². The van der Waals surface area contributed by atoms with Gasteiger partial charge in [0.25, 0.3) is 0 Å². The molecule has 104 valence electrons. The molecule has 1 atom stereocenters. The van der Waals surface area contributed by atoms with Crippen LogP contribution in [-0.2, 0) is 12.8 Å². The fourth-order valence-corrected chi connectivity index (χ4v) is 3.65. The number of ether oxygens (including phenoxy) is 1. The molecule has 2 aromatic carbocycles. The Labute approximate surface area is 133 Å². The van der Waals surface area contributed by atoms with E-state index in [2.05, 4.69) is 47.1 Å². The fourth-order valence-electron chi connectivity index (χ4n) is 2.69. The maximum Gasteiger partial charge on any atom is 0.127 e. The lowest BCUT2D eigenvalue weighted by atomic mass is 10.00. The van der Waals surface area contributed by atoms with Crippen LogP contribution in [0.2, 0.25) is 5.02 Å². The minimum Gasteiger partial charge on any atom is -0.493 e. The van der Waals surface area contributed by atoms with Crippen molar-refractivity contribution in [2.75, 3.05) is 6.61 Å². The van der Waals surface area contributed by atoms with Crippen LogP contribution in [0.15, 0.2) is 36.4 Å². The Kier molecular flexibility index (Phi) is 4.04. The number of benzene rings is 2. The third-order valence-electron chi connectivity index (χ3n) is 3.61. The topological polar surface area (TPSA) is 9.23 Å². The number of hydrogen-bond donors (Lipinski definition) is 0. The van der Waals surface area contributed by atoms with Crippen molar-refractivity contribution in [2.45, 2.75) is 24.6 Å². The predicted molar refractivity (Wildman–Crippen MR) is 87.2 cm³/mol. The lowest BCUT2D eigenvalue weighted by molar-refractivity contribution is 0.353. The van der Waals surface area contributed by atoms with Crippen LogP contribution in [0.4, 0.5) is 0 Å². The third kappa shape index (κ3) is 2.87. The summed E-state index contributed by atoms with van der Waals surface area (Å²) in [6.07, 6.45) is 1.88. The summed E-state index contributed by atoms with van der Waals surface area (Å²) in [4.78, 5) is 0.217. The highest BCUT2D eigenvalue weighted by Crippen LogP contribution is 2.40. The standard InChI is InChI=1S/C17H16BrClO/c1-11-3-2-4-12(7-11)8-16(18)15-10-14(19)9-13-5-6-20-17(13)15/h2-4,7,9-10,16H,5-6,8H2,1H3. The molecule has 0 aliphatic carbocycles. The van der Waals surface area contributed by atoms with Gasteiger partial charge >= 0.3 is 0 Å². The average Bonchev–Trinajstić information content (AvgIpc) is 2.85. The third-order valence-corrected chi connectivity index (χ3v) is 4.65. The van der Waals surface area contributed by atoms with E-state index in [9.17, 15) is 0 Å². The lowest BCUT2D eigenvalue weighted by Gasteiger charge is -2.15. The van der Waals surface area contributed by atoms with Gasteiger partial charge in [-0.15, -0.1) is 0 Å². The highest BCUT2D eigenvalue weighted by Gasteiger charge is 2.22. The van der Waals surface area contributed by atoms with Gasteiger partial charge in [0.05, 0.1) is 6.61 Å². The summed E-state index contributed by atoms with van der Waals surface area (Å²) in [6.45, 7) is 2.87. The molecule has 0 saturated carbocycles. The first-order valence-electron chi connectivity index (χ1n) is 6.78. The maximum atomic E-state index is 6.22. The van der Waals surface area contributed by atoms with Gasteiger partial charge in [-0.05, 0) is 36.6 Å². The summed E-state index contributed by atoms with van der Waals surface area (Å²) < 4.78 is 5.78. The summed E-state index contributed by atoms with van der Waals surface area (Å²) in [5.41, 5.74) is 4.99. The normalized spacial score (nSPS) is 14.8. The molecule has 0 bridgehead atoms. The Morgan fingerprint density at radius 3 is 2.95 bits per heavy atom. The fraction of sp³-hybridized carbons (Fsp3) is 0.294. The molecule has 1 nitrogen and oxygen atoms in total. The molecule has 2 aromatic rings. The molecular weight excluding hydrogens is 336 g/mol. The molecule has 3 heteroatoms. The smallest absolute Gasteiger partial charge is 0.127 e. The van der Waals surface area contributed by atoms with E-state index in [1.54, 1.807) is 0 Å². The highest BCUT2D eigenvalue weighted by molar-refractivity contribution is 9.09. The molecule has 0 aromatic heterocycles. The summed E-state index contributed by atoms with van der Waals surface area (Å²) in [5.74, 6) is 1.02. The summed E-state index contributed by atoms with van der Waals surface area (Å²) in [7, 11) is 0. The van der Waals surface area contributed by atoms with Crippen molar-refractivity contribution in [3.8, 4) is 5.75 Å². The van der Waals surface area contributed by atoms with Crippen molar-refractivity contribution in [1.82, 2.24) is 0 Å². The largest absolute Gasteiger partial charge is 0.493 e. The molecule has 20 heavy (non-hydrogen) atoms. The van der Waals surface area contributed by atoms with E-state index in [1.807, 2.05) is 12.1 Å². The zero-order valence-electron chi connectivity index (χ0n) is 11.3. The molecule has 0 spiro atoms. The van der Waals surface area contributed by atoms with Crippen LogP contribution < -0.4 is 4.74 Å². The SMILES string of the molecule is Cc1cccc(CC(Br)c2cc(Cl)cc3c2OCC3)c1. The molecule has 1 heterocycles. The second-order valence-corrected chi connectivity index (χ2v) is 6.78. The van der Waals surface area contributed by atoms with Gasteiger partial charge in [0.1, 0.15) is 5.75 Å². The van der Waals surface area contributed by atoms with Gasteiger partial charge in [-0.25, -0.2) is 0 Å². The maximum absolute atomic E-state index is 6.22. The molecule has 0 saturated heterocycles. The molecule has 3 rings (SSSR count). The number of fused-ring (bicyclic) bond motifs is 1. The van der Waals surface area contributed by atoms with Crippen LogP contribution in [0.25, 0.3) is 0 Å². The van der Waals surface area contributed by atoms with E-state index >= 15 is 0 Å². The molecular formula is C17H16BrClO. The molecule has 0 fully saturated rings. The molecule has 1 aliphatic heterocycles. The minimum absolute atomic E-state index is 0.217. The number of rotatable bonds is 3. The minimum atomic E-state index is 0.217. The van der Waals surface area contributed by atoms with Crippen LogP contribution in [0.3, 0.4) is 0 Å². The monoisotopic (exact) mass is 350 g/mol. The van der Waals surface area contributed by atoms with Crippen LogP contribution in [0.5, 0.6) is 5.75 Å². The van der Waals surface area contributed by atoms with Gasteiger partial charge in [0.15, 0.2) is 0 Å². The lowest BCUT2D eigenvalue weighted by Crippen LogP contribution is -1.99. The molecule has 0 radical (unpaired) electrons. The number of alkyl halides is 1. The summed E-state index contributed by atoms with van der Waals surface area (Å²) >= 11 is 10.0. The second kappa shape index (κ2) is 5.79. The van der Waals surface area contributed by atoms with Crippen LogP contribution in [0.1, 0.15) is 27.1 Å². The van der Waals surface area contributed by atoms with Gasteiger partial charge in [0, 0.05) is 21.8 Å². The summed E-state index contributed by atoms with van der Waals surface area (Å²) in [6, 6.07) is 12.6.